The lowest BCUT2D eigenvalue weighted by molar-refractivity contribution is -0.398. The van der Waals surface area contributed by atoms with Gasteiger partial charge in [0.05, 0.1) is 22.6 Å². The number of para-hydroxylation sites is 1. The van der Waals surface area contributed by atoms with Crippen LogP contribution in [0.15, 0.2) is 40.2 Å². The molecule has 3 rings (SSSR count). The fourth-order valence-electron chi connectivity index (χ4n) is 2.69. The van der Waals surface area contributed by atoms with E-state index in [2.05, 4.69) is 10.3 Å². The number of nitro groups is 1. The van der Waals surface area contributed by atoms with Crippen molar-refractivity contribution in [3.05, 3.63) is 62.0 Å². The van der Waals surface area contributed by atoms with Crippen molar-refractivity contribution in [1.82, 2.24) is 5.32 Å². The van der Waals surface area contributed by atoms with Crippen LogP contribution in [0.2, 0.25) is 0 Å². The summed E-state index contributed by atoms with van der Waals surface area (Å²) in [5.74, 6) is -1.34. The monoisotopic (exact) mass is 398 g/mol. The minimum absolute atomic E-state index is 0.158. The van der Waals surface area contributed by atoms with Crippen molar-refractivity contribution in [2.45, 2.75) is 13.8 Å². The van der Waals surface area contributed by atoms with E-state index in [0.717, 1.165) is 34.6 Å². The third kappa shape index (κ3) is 3.84. The number of carbonyl (C=O) groups is 1. The molecule has 2 aromatic carbocycles. The maximum absolute atomic E-state index is 12.3. The lowest BCUT2D eigenvalue weighted by Crippen LogP contribution is -2.19. The van der Waals surface area contributed by atoms with Crippen molar-refractivity contribution in [3.8, 4) is 11.5 Å². The van der Waals surface area contributed by atoms with E-state index in [-0.39, 0.29) is 11.7 Å². The molecule has 2 aromatic rings. The number of amidine groups is 1. The zero-order valence-corrected chi connectivity index (χ0v) is 16.1. The van der Waals surface area contributed by atoms with Crippen molar-refractivity contribution < 1.29 is 19.6 Å². The smallest absolute Gasteiger partial charge is 0.266 e. The summed E-state index contributed by atoms with van der Waals surface area (Å²) in [7, 11) is 1.25. The standard InChI is InChI=1S/C19H17N3O5S/c1-10-5-4-6-11(2)16(10)20-19-21-18(24)15(28-19)9-12-7-13(22(25)26)17(23)14(8-12)27-3/h4-9,23H,1-3H3,(H,20,21,24)/p-1/b15-9-. The van der Waals surface area contributed by atoms with E-state index in [1.54, 1.807) is 0 Å². The molecule has 0 saturated carbocycles. The lowest BCUT2D eigenvalue weighted by atomic mass is 10.1. The zero-order valence-electron chi connectivity index (χ0n) is 15.3. The van der Waals surface area contributed by atoms with Crippen LogP contribution in [-0.2, 0) is 4.79 Å². The van der Waals surface area contributed by atoms with Gasteiger partial charge in [-0.15, -0.1) is 0 Å². The second-order valence-electron chi connectivity index (χ2n) is 6.05. The summed E-state index contributed by atoms with van der Waals surface area (Å²) in [6.45, 7) is 3.86. The van der Waals surface area contributed by atoms with Crippen LogP contribution in [-0.4, -0.2) is 23.1 Å². The van der Waals surface area contributed by atoms with Crippen LogP contribution in [0.5, 0.6) is 11.5 Å². The van der Waals surface area contributed by atoms with Crippen LogP contribution in [0.3, 0.4) is 0 Å². The number of nitrogens with one attached hydrogen (secondary N) is 1. The third-order valence-electron chi connectivity index (χ3n) is 4.08. The minimum Gasteiger partial charge on any atom is -0.865 e. The summed E-state index contributed by atoms with van der Waals surface area (Å²) in [5, 5.41) is 26.1. The summed E-state index contributed by atoms with van der Waals surface area (Å²) in [4.78, 5) is 27.4. The number of nitro benzene ring substituents is 1. The highest BCUT2D eigenvalue weighted by molar-refractivity contribution is 8.18. The Balaban J connectivity index is 1.96. The highest BCUT2D eigenvalue weighted by Gasteiger charge is 2.25. The van der Waals surface area contributed by atoms with Gasteiger partial charge in [0.1, 0.15) is 5.75 Å². The molecular formula is C19H16N3O5S-. The Hall–Kier alpha value is -3.33. The molecule has 1 saturated heterocycles. The number of thioether (sulfide) groups is 1. The quantitative estimate of drug-likeness (QED) is 0.480. The molecular weight excluding hydrogens is 382 g/mol. The van der Waals surface area contributed by atoms with E-state index < -0.39 is 16.4 Å². The molecule has 1 heterocycles. The maximum atomic E-state index is 12.3. The fraction of sp³-hybridized carbons (Fsp3) is 0.158. The molecule has 0 unspecified atom stereocenters. The second-order valence-corrected chi connectivity index (χ2v) is 7.08. The van der Waals surface area contributed by atoms with Crippen LogP contribution in [0.1, 0.15) is 16.7 Å². The zero-order chi connectivity index (χ0) is 20.4. The summed E-state index contributed by atoms with van der Waals surface area (Å²) in [6.07, 6.45) is 1.46. The first kappa shape index (κ1) is 19.4. The number of aryl methyl sites for hydroxylation is 2. The van der Waals surface area contributed by atoms with Gasteiger partial charge in [-0.1, -0.05) is 18.2 Å². The third-order valence-corrected chi connectivity index (χ3v) is 4.99. The molecule has 9 heteroatoms. The normalized spacial score (nSPS) is 16.5. The predicted octanol–water partition coefficient (Wildman–Crippen LogP) is 3.19. The number of hydrogen-bond acceptors (Lipinski definition) is 7. The van der Waals surface area contributed by atoms with E-state index in [1.807, 2.05) is 32.0 Å². The molecule has 0 atom stereocenters. The molecule has 144 valence electrons. The largest absolute Gasteiger partial charge is 0.865 e. The van der Waals surface area contributed by atoms with Gasteiger partial charge in [-0.25, -0.2) is 4.99 Å². The van der Waals surface area contributed by atoms with Crippen LogP contribution < -0.4 is 15.2 Å². The summed E-state index contributed by atoms with van der Waals surface area (Å²) < 4.78 is 4.92. The Morgan fingerprint density at radius 1 is 1.25 bits per heavy atom. The first-order chi connectivity index (χ1) is 13.3. The fourth-order valence-corrected chi connectivity index (χ4v) is 3.52. The van der Waals surface area contributed by atoms with Crippen LogP contribution in [0, 0.1) is 24.0 Å². The molecule has 1 aliphatic heterocycles. The molecule has 1 fully saturated rings. The van der Waals surface area contributed by atoms with Crippen molar-refractivity contribution in [2.24, 2.45) is 4.99 Å². The Morgan fingerprint density at radius 3 is 2.54 bits per heavy atom. The van der Waals surface area contributed by atoms with Gasteiger partial charge in [0.15, 0.2) is 5.17 Å². The predicted molar refractivity (Wildman–Crippen MR) is 106 cm³/mol. The summed E-state index contributed by atoms with van der Waals surface area (Å²) >= 11 is 1.12. The van der Waals surface area contributed by atoms with Crippen LogP contribution in [0.4, 0.5) is 11.4 Å². The maximum Gasteiger partial charge on any atom is 0.266 e. The van der Waals surface area contributed by atoms with Gasteiger partial charge in [-0.2, -0.15) is 0 Å². The Bertz CT molecular complexity index is 1030. The first-order valence-corrected chi connectivity index (χ1v) is 9.01. The van der Waals surface area contributed by atoms with Gasteiger partial charge in [-0.3, -0.25) is 14.9 Å². The van der Waals surface area contributed by atoms with E-state index in [4.69, 9.17) is 4.74 Å². The van der Waals surface area contributed by atoms with Gasteiger partial charge in [-0.05, 0) is 54.4 Å². The first-order valence-electron chi connectivity index (χ1n) is 8.19. The number of aliphatic imine (C=N–C) groups is 1. The van der Waals surface area contributed by atoms with Crippen molar-refractivity contribution in [2.75, 3.05) is 7.11 Å². The van der Waals surface area contributed by atoms with Gasteiger partial charge in [0, 0.05) is 11.8 Å². The number of methoxy groups -OCH3 is 1. The minimum atomic E-state index is -0.810. The Labute approximate surface area is 165 Å². The molecule has 0 spiro atoms. The Kier molecular flexibility index (Phi) is 5.36. The van der Waals surface area contributed by atoms with Crippen molar-refractivity contribution >= 4 is 40.3 Å². The molecule has 28 heavy (non-hydrogen) atoms. The van der Waals surface area contributed by atoms with Crippen molar-refractivity contribution in [3.63, 3.8) is 0 Å². The number of benzene rings is 2. The van der Waals surface area contributed by atoms with Gasteiger partial charge in [0.25, 0.3) is 11.6 Å². The number of carbonyl (C=O) groups excluding carboxylic acids is 1. The number of ether oxygens (including phenoxy) is 1. The number of nitrogens with zero attached hydrogens (tertiary/aromatic N) is 2. The topological polar surface area (TPSA) is 117 Å². The number of amides is 1. The molecule has 0 aromatic heterocycles. The molecule has 0 radical (unpaired) electrons. The highest BCUT2D eigenvalue weighted by Crippen LogP contribution is 2.37. The van der Waals surface area contributed by atoms with Crippen LogP contribution in [0.25, 0.3) is 6.08 Å². The lowest BCUT2D eigenvalue weighted by Gasteiger charge is -2.13. The Morgan fingerprint density at radius 2 is 1.93 bits per heavy atom. The molecule has 1 aliphatic rings. The van der Waals surface area contributed by atoms with Gasteiger partial charge in [0.2, 0.25) is 0 Å². The van der Waals surface area contributed by atoms with E-state index in [0.29, 0.717) is 15.6 Å². The average Bonchev–Trinajstić information content (AvgIpc) is 2.98. The van der Waals surface area contributed by atoms with Gasteiger partial charge < -0.3 is 15.2 Å². The van der Waals surface area contributed by atoms with Crippen LogP contribution >= 0.6 is 11.8 Å². The highest BCUT2D eigenvalue weighted by atomic mass is 32.2. The molecule has 1 amide bonds. The van der Waals surface area contributed by atoms with E-state index >= 15 is 0 Å². The summed E-state index contributed by atoms with van der Waals surface area (Å²) in [6, 6.07) is 8.27. The number of rotatable bonds is 4. The van der Waals surface area contributed by atoms with Gasteiger partial charge >= 0.3 is 0 Å². The van der Waals surface area contributed by atoms with E-state index in [9.17, 15) is 20.0 Å². The number of hydrogen-bond donors (Lipinski definition) is 1. The summed E-state index contributed by atoms with van der Waals surface area (Å²) in [5.41, 5.74) is 2.44. The SMILES string of the molecule is COc1cc(/C=C2\SC(=Nc3c(C)cccc3C)NC2=O)cc([N+](=O)[O-])c1[O-]. The molecule has 8 nitrogen and oxygen atoms in total. The molecule has 0 bridgehead atoms. The van der Waals surface area contributed by atoms with E-state index in [1.165, 1.54) is 19.3 Å². The van der Waals surface area contributed by atoms with Crippen molar-refractivity contribution in [1.29, 1.82) is 0 Å². The molecule has 1 N–H and O–H groups in total. The second kappa shape index (κ2) is 7.73. The average molecular weight is 398 g/mol. The molecule has 0 aliphatic carbocycles.